The summed E-state index contributed by atoms with van der Waals surface area (Å²) in [5.74, 6) is 2.27. The first kappa shape index (κ1) is 29.3. The lowest BCUT2D eigenvalue weighted by molar-refractivity contribution is -0.123. The van der Waals surface area contributed by atoms with Crippen LogP contribution < -0.4 is 9.64 Å². The minimum absolute atomic E-state index is 0.0399. The van der Waals surface area contributed by atoms with Gasteiger partial charge in [-0.2, -0.15) is 0 Å². The molecule has 0 spiro atoms. The molecule has 4 rings (SSSR count). The number of amides is 1. The molecule has 1 atom stereocenters. The summed E-state index contributed by atoms with van der Waals surface area (Å²) < 4.78 is 6.31. The van der Waals surface area contributed by atoms with Crippen molar-refractivity contribution in [3.8, 4) is 5.75 Å². The van der Waals surface area contributed by atoms with Gasteiger partial charge in [0.25, 0.3) is 0 Å². The van der Waals surface area contributed by atoms with Crippen LogP contribution in [0.25, 0.3) is 0 Å². The van der Waals surface area contributed by atoms with Gasteiger partial charge in [-0.25, -0.2) is 0 Å². The Hall–Kier alpha value is -2.66. The molecule has 212 valence electrons. The normalized spacial score (nSPS) is 22.1. The van der Waals surface area contributed by atoms with Crippen LogP contribution in [-0.4, -0.2) is 42.8 Å². The molecule has 1 saturated heterocycles. The number of ketones is 1. The van der Waals surface area contributed by atoms with E-state index in [2.05, 4.69) is 49.1 Å². The highest BCUT2D eigenvalue weighted by atomic mass is 16.5. The molecule has 0 bridgehead atoms. The molecule has 0 aromatic heterocycles. The second-order valence-electron chi connectivity index (χ2n) is 12.4. The maximum absolute atomic E-state index is 13.4. The fraction of sp³-hybridized carbons (Fsp3) is 0.588. The topological polar surface area (TPSA) is 49.9 Å². The van der Waals surface area contributed by atoms with E-state index in [1.54, 1.807) is 0 Å². The average Bonchev–Trinajstić information content (AvgIpc) is 2.92. The zero-order valence-corrected chi connectivity index (χ0v) is 24.7. The van der Waals surface area contributed by atoms with E-state index < -0.39 is 0 Å². The molecule has 1 aliphatic carbocycles. The lowest BCUT2D eigenvalue weighted by atomic mass is 9.86. The number of Topliss-reactive ketones (excluding diaryl/α,β-unsaturated/α-hetero) is 1. The first-order chi connectivity index (χ1) is 18.7. The molecule has 1 amide bonds. The van der Waals surface area contributed by atoms with Gasteiger partial charge < -0.3 is 9.64 Å². The van der Waals surface area contributed by atoms with Gasteiger partial charge in [-0.3, -0.25) is 14.5 Å². The summed E-state index contributed by atoms with van der Waals surface area (Å²) in [4.78, 5) is 29.8. The molecule has 2 fully saturated rings. The maximum atomic E-state index is 13.4. The SMILES string of the molecule is Cc1cc(N(C)C(=O)C2CCC(Oc3cccc(CCC(=O)C(C)C)c3)CC2)ccc1CN1CCC[C@@H](C)C1. The van der Waals surface area contributed by atoms with Gasteiger partial charge >= 0.3 is 0 Å². The summed E-state index contributed by atoms with van der Waals surface area (Å²) >= 11 is 0. The van der Waals surface area contributed by atoms with Crippen LogP contribution >= 0.6 is 0 Å². The predicted octanol–water partition coefficient (Wildman–Crippen LogP) is 6.99. The minimum atomic E-state index is 0.0399. The van der Waals surface area contributed by atoms with Gasteiger partial charge in [-0.05, 0) is 105 Å². The summed E-state index contributed by atoms with van der Waals surface area (Å²) in [6.45, 7) is 11.8. The van der Waals surface area contributed by atoms with Crippen LogP contribution in [-0.2, 0) is 22.6 Å². The molecule has 2 aromatic rings. The van der Waals surface area contributed by atoms with Gasteiger partial charge in [0.05, 0.1) is 6.10 Å². The Bertz CT molecular complexity index is 1120. The van der Waals surface area contributed by atoms with Gasteiger partial charge in [-0.1, -0.05) is 39.0 Å². The molecule has 1 heterocycles. The van der Waals surface area contributed by atoms with Crippen LogP contribution in [0, 0.1) is 24.7 Å². The Morgan fingerprint density at radius 1 is 1.05 bits per heavy atom. The van der Waals surface area contributed by atoms with Crippen molar-refractivity contribution in [2.24, 2.45) is 17.8 Å². The predicted molar refractivity (Wildman–Crippen MR) is 159 cm³/mol. The second-order valence-corrected chi connectivity index (χ2v) is 12.4. The van der Waals surface area contributed by atoms with Crippen molar-refractivity contribution in [3.63, 3.8) is 0 Å². The van der Waals surface area contributed by atoms with Crippen LogP contribution in [0.2, 0.25) is 0 Å². The number of carbonyl (C=O) groups excluding carboxylic acids is 2. The standard InChI is InChI=1S/C34H48N2O3/c1-24(2)33(37)18-11-27-9-6-10-32(21-27)39-31-16-13-28(14-17-31)34(38)35(5)30-15-12-29(26(4)20-30)23-36-19-7-8-25(3)22-36/h6,9-10,12,15,20-21,24-25,28,31H,7-8,11,13-14,16-19,22-23H2,1-5H3/t25-,28?,31?/m1/s1. The molecule has 5 nitrogen and oxygen atoms in total. The Morgan fingerprint density at radius 2 is 1.82 bits per heavy atom. The molecule has 0 radical (unpaired) electrons. The maximum Gasteiger partial charge on any atom is 0.229 e. The fourth-order valence-corrected chi connectivity index (χ4v) is 6.09. The van der Waals surface area contributed by atoms with Gasteiger partial charge in [-0.15, -0.1) is 0 Å². The van der Waals surface area contributed by atoms with Crippen molar-refractivity contribution in [2.75, 3.05) is 25.0 Å². The quantitative estimate of drug-likeness (QED) is 0.331. The number of hydrogen-bond donors (Lipinski definition) is 0. The third-order valence-electron chi connectivity index (χ3n) is 8.71. The molecule has 1 aliphatic heterocycles. The van der Waals surface area contributed by atoms with E-state index in [0.29, 0.717) is 12.2 Å². The summed E-state index contributed by atoms with van der Waals surface area (Å²) in [5.41, 5.74) is 4.75. The number of aryl methyl sites for hydroxylation is 2. The van der Waals surface area contributed by atoms with Crippen LogP contribution in [0.1, 0.15) is 82.4 Å². The number of carbonyl (C=O) groups is 2. The number of likely N-dealkylation sites (tertiary alicyclic amines) is 1. The van der Waals surface area contributed by atoms with Crippen molar-refractivity contribution < 1.29 is 14.3 Å². The Labute approximate surface area is 235 Å². The van der Waals surface area contributed by atoms with Gasteiger partial charge in [0.2, 0.25) is 5.91 Å². The summed E-state index contributed by atoms with van der Waals surface area (Å²) in [5, 5.41) is 0. The number of rotatable bonds is 10. The van der Waals surface area contributed by atoms with Gasteiger partial charge in [0.15, 0.2) is 0 Å². The smallest absolute Gasteiger partial charge is 0.229 e. The lowest BCUT2D eigenvalue weighted by Gasteiger charge is -2.32. The van der Waals surface area contributed by atoms with Crippen molar-refractivity contribution >= 4 is 17.4 Å². The number of ether oxygens (including phenoxy) is 1. The fourth-order valence-electron chi connectivity index (χ4n) is 6.09. The molecule has 39 heavy (non-hydrogen) atoms. The van der Waals surface area contributed by atoms with E-state index in [9.17, 15) is 9.59 Å². The van der Waals surface area contributed by atoms with Crippen LogP contribution in [0.4, 0.5) is 5.69 Å². The number of nitrogens with zero attached hydrogens (tertiary/aromatic N) is 2. The van der Waals surface area contributed by atoms with Crippen molar-refractivity contribution in [3.05, 3.63) is 59.2 Å². The third-order valence-corrected chi connectivity index (χ3v) is 8.71. The highest BCUT2D eigenvalue weighted by Gasteiger charge is 2.30. The zero-order valence-electron chi connectivity index (χ0n) is 24.7. The van der Waals surface area contributed by atoms with Crippen LogP contribution in [0.15, 0.2) is 42.5 Å². The molecule has 2 aromatic carbocycles. The van der Waals surface area contributed by atoms with E-state index in [1.807, 2.05) is 37.9 Å². The van der Waals surface area contributed by atoms with E-state index in [4.69, 9.17) is 4.74 Å². The minimum Gasteiger partial charge on any atom is -0.490 e. The number of piperidine rings is 1. The van der Waals surface area contributed by atoms with Crippen molar-refractivity contribution in [1.29, 1.82) is 0 Å². The van der Waals surface area contributed by atoms with Crippen LogP contribution in [0.3, 0.4) is 0 Å². The van der Waals surface area contributed by atoms with E-state index >= 15 is 0 Å². The Morgan fingerprint density at radius 3 is 2.51 bits per heavy atom. The zero-order chi connectivity index (χ0) is 27.9. The molecule has 2 aliphatic rings. The first-order valence-electron chi connectivity index (χ1n) is 15.1. The van der Waals surface area contributed by atoms with Crippen LogP contribution in [0.5, 0.6) is 5.75 Å². The van der Waals surface area contributed by atoms with Gasteiger partial charge in [0, 0.05) is 44.1 Å². The number of benzene rings is 2. The molecule has 1 saturated carbocycles. The second kappa shape index (κ2) is 13.6. The summed E-state index contributed by atoms with van der Waals surface area (Å²) in [6.07, 6.45) is 7.54. The monoisotopic (exact) mass is 532 g/mol. The first-order valence-corrected chi connectivity index (χ1v) is 15.1. The molecular weight excluding hydrogens is 484 g/mol. The molecular formula is C34H48N2O3. The molecule has 0 N–H and O–H groups in total. The van der Waals surface area contributed by atoms with Crippen molar-refractivity contribution in [1.82, 2.24) is 4.90 Å². The summed E-state index contributed by atoms with van der Waals surface area (Å²) in [7, 11) is 1.92. The largest absolute Gasteiger partial charge is 0.490 e. The van der Waals surface area contributed by atoms with Gasteiger partial charge in [0.1, 0.15) is 11.5 Å². The third kappa shape index (κ3) is 8.17. The lowest BCUT2D eigenvalue weighted by Crippen LogP contribution is -2.37. The van der Waals surface area contributed by atoms with Crippen molar-refractivity contribution in [2.45, 2.75) is 91.7 Å². The average molecular weight is 533 g/mol. The van der Waals surface area contributed by atoms with E-state index in [0.717, 1.165) is 61.6 Å². The number of anilines is 1. The molecule has 0 unspecified atom stereocenters. The Balaban J connectivity index is 1.26. The van der Waals surface area contributed by atoms with E-state index in [-0.39, 0.29) is 23.8 Å². The summed E-state index contributed by atoms with van der Waals surface area (Å²) in [6, 6.07) is 14.6. The Kier molecular flexibility index (Phi) is 10.2. The highest BCUT2D eigenvalue weighted by Crippen LogP contribution is 2.31. The molecule has 5 heteroatoms. The van der Waals surface area contributed by atoms with E-state index in [1.165, 1.54) is 37.1 Å². The number of hydrogen-bond acceptors (Lipinski definition) is 4. The highest BCUT2D eigenvalue weighted by molar-refractivity contribution is 5.94.